The Morgan fingerprint density at radius 1 is 1.12 bits per heavy atom. The van der Waals surface area contributed by atoms with Crippen molar-refractivity contribution < 1.29 is 14.0 Å². The van der Waals surface area contributed by atoms with Gasteiger partial charge in [-0.3, -0.25) is 14.5 Å². The molecule has 6 heteroatoms. The molecule has 0 bridgehead atoms. The van der Waals surface area contributed by atoms with Crippen molar-refractivity contribution in [1.29, 1.82) is 0 Å². The van der Waals surface area contributed by atoms with E-state index in [0.29, 0.717) is 13.1 Å². The van der Waals surface area contributed by atoms with E-state index >= 15 is 0 Å². The van der Waals surface area contributed by atoms with Crippen molar-refractivity contribution in [2.24, 2.45) is 5.92 Å². The lowest BCUT2D eigenvalue weighted by molar-refractivity contribution is -0.135. The van der Waals surface area contributed by atoms with Gasteiger partial charge in [0, 0.05) is 33.6 Å². The Hall–Kier alpha value is -1.95. The zero-order valence-electron chi connectivity index (χ0n) is 14.7. The van der Waals surface area contributed by atoms with Gasteiger partial charge in [-0.1, -0.05) is 12.1 Å². The Labute approximate surface area is 143 Å². The zero-order chi connectivity index (χ0) is 17.7. The largest absolute Gasteiger partial charge is 0.349 e. The molecule has 1 heterocycles. The van der Waals surface area contributed by atoms with Crippen molar-refractivity contribution in [2.45, 2.75) is 19.4 Å². The van der Waals surface area contributed by atoms with Crippen LogP contribution in [0, 0.1) is 11.7 Å². The van der Waals surface area contributed by atoms with E-state index in [0.717, 1.165) is 31.5 Å². The second kappa shape index (κ2) is 8.24. The molecule has 0 aliphatic carbocycles. The minimum Gasteiger partial charge on any atom is -0.349 e. The third kappa shape index (κ3) is 5.03. The second-order valence-corrected chi connectivity index (χ2v) is 6.66. The van der Waals surface area contributed by atoms with Gasteiger partial charge < -0.3 is 9.80 Å². The molecule has 1 aromatic rings. The van der Waals surface area contributed by atoms with E-state index in [4.69, 9.17) is 0 Å². The van der Waals surface area contributed by atoms with Crippen LogP contribution in [0.15, 0.2) is 24.3 Å². The lowest BCUT2D eigenvalue weighted by Gasteiger charge is -2.32. The standard InChI is InChI=1S/C18H26FN3O2/c1-20(2)18(24)15-8-10-22(11-9-15)13-17(23)21(3)12-14-4-6-16(19)7-5-14/h4-7,15H,8-13H2,1-3H3. The monoisotopic (exact) mass is 335 g/mol. The first-order valence-electron chi connectivity index (χ1n) is 8.28. The molecule has 0 unspecified atom stereocenters. The van der Waals surface area contributed by atoms with E-state index < -0.39 is 0 Å². The molecular formula is C18H26FN3O2. The second-order valence-electron chi connectivity index (χ2n) is 6.66. The average molecular weight is 335 g/mol. The number of halogens is 1. The van der Waals surface area contributed by atoms with Gasteiger partial charge >= 0.3 is 0 Å². The number of amides is 2. The number of benzene rings is 1. The van der Waals surface area contributed by atoms with Crippen molar-refractivity contribution in [3.05, 3.63) is 35.6 Å². The molecule has 1 aromatic carbocycles. The normalized spacial score (nSPS) is 16.0. The molecule has 0 aromatic heterocycles. The molecule has 2 rings (SSSR count). The van der Waals surface area contributed by atoms with E-state index in [1.165, 1.54) is 12.1 Å². The van der Waals surface area contributed by atoms with Gasteiger partial charge in [-0.2, -0.15) is 0 Å². The minimum atomic E-state index is -0.275. The van der Waals surface area contributed by atoms with E-state index in [2.05, 4.69) is 4.90 Å². The van der Waals surface area contributed by atoms with Crippen LogP contribution >= 0.6 is 0 Å². The molecule has 0 radical (unpaired) electrons. The van der Waals surface area contributed by atoms with Gasteiger partial charge in [-0.15, -0.1) is 0 Å². The van der Waals surface area contributed by atoms with Crippen LogP contribution in [0.4, 0.5) is 4.39 Å². The molecule has 2 amide bonds. The fourth-order valence-electron chi connectivity index (χ4n) is 2.97. The maximum Gasteiger partial charge on any atom is 0.236 e. The number of carbonyl (C=O) groups is 2. The van der Waals surface area contributed by atoms with E-state index in [1.807, 2.05) is 0 Å². The van der Waals surface area contributed by atoms with E-state index in [1.54, 1.807) is 43.1 Å². The van der Waals surface area contributed by atoms with Crippen molar-refractivity contribution in [1.82, 2.24) is 14.7 Å². The molecule has 5 nitrogen and oxygen atoms in total. The summed E-state index contributed by atoms with van der Waals surface area (Å²) in [5.41, 5.74) is 0.905. The highest BCUT2D eigenvalue weighted by atomic mass is 19.1. The van der Waals surface area contributed by atoms with Gasteiger partial charge in [0.1, 0.15) is 5.82 Å². The minimum absolute atomic E-state index is 0.0386. The summed E-state index contributed by atoms with van der Waals surface area (Å²) in [5.74, 6) is 0.0114. The number of hydrogen-bond donors (Lipinski definition) is 0. The Morgan fingerprint density at radius 2 is 1.71 bits per heavy atom. The maximum absolute atomic E-state index is 12.9. The predicted molar refractivity (Wildman–Crippen MR) is 90.7 cm³/mol. The predicted octanol–water partition coefficient (Wildman–Crippen LogP) is 1.58. The van der Waals surface area contributed by atoms with Crippen molar-refractivity contribution >= 4 is 11.8 Å². The van der Waals surface area contributed by atoms with Gasteiger partial charge in [0.05, 0.1) is 6.54 Å². The summed E-state index contributed by atoms with van der Waals surface area (Å²) in [6, 6.07) is 6.19. The Bertz CT molecular complexity index is 566. The van der Waals surface area contributed by atoms with Gasteiger partial charge in [-0.25, -0.2) is 4.39 Å². The summed E-state index contributed by atoms with van der Waals surface area (Å²) in [5, 5.41) is 0. The summed E-state index contributed by atoms with van der Waals surface area (Å²) >= 11 is 0. The summed E-state index contributed by atoms with van der Waals surface area (Å²) in [6.07, 6.45) is 1.60. The van der Waals surface area contributed by atoms with Crippen molar-refractivity contribution in [3.8, 4) is 0 Å². The third-order valence-electron chi connectivity index (χ3n) is 4.50. The fourth-order valence-corrected chi connectivity index (χ4v) is 2.97. The highest BCUT2D eigenvalue weighted by Gasteiger charge is 2.27. The first-order valence-corrected chi connectivity index (χ1v) is 8.28. The van der Waals surface area contributed by atoms with E-state index in [-0.39, 0.29) is 23.5 Å². The first kappa shape index (κ1) is 18.4. The van der Waals surface area contributed by atoms with Gasteiger partial charge in [0.15, 0.2) is 0 Å². The van der Waals surface area contributed by atoms with Crippen LogP contribution in [0.5, 0.6) is 0 Å². The van der Waals surface area contributed by atoms with Crippen LogP contribution in [-0.4, -0.2) is 67.3 Å². The number of piperidine rings is 1. The molecular weight excluding hydrogens is 309 g/mol. The van der Waals surface area contributed by atoms with Gasteiger partial charge in [0.25, 0.3) is 0 Å². The number of carbonyl (C=O) groups excluding carboxylic acids is 2. The molecule has 0 atom stereocenters. The van der Waals surface area contributed by atoms with Gasteiger partial charge in [-0.05, 0) is 43.6 Å². The molecule has 0 saturated carbocycles. The van der Waals surface area contributed by atoms with Crippen LogP contribution in [0.1, 0.15) is 18.4 Å². The SMILES string of the molecule is CN(C)C(=O)C1CCN(CC(=O)N(C)Cc2ccc(F)cc2)CC1. The number of rotatable bonds is 5. The van der Waals surface area contributed by atoms with Crippen LogP contribution in [0.25, 0.3) is 0 Å². The molecule has 1 aliphatic heterocycles. The van der Waals surface area contributed by atoms with Crippen molar-refractivity contribution in [3.63, 3.8) is 0 Å². The summed E-state index contributed by atoms with van der Waals surface area (Å²) < 4.78 is 12.9. The third-order valence-corrected chi connectivity index (χ3v) is 4.50. The number of likely N-dealkylation sites (N-methyl/N-ethyl adjacent to an activating group) is 1. The summed E-state index contributed by atoms with van der Waals surface area (Å²) in [6.45, 7) is 2.36. The molecule has 1 fully saturated rings. The highest BCUT2D eigenvalue weighted by molar-refractivity contribution is 5.79. The molecule has 1 saturated heterocycles. The Morgan fingerprint density at radius 3 is 2.25 bits per heavy atom. The van der Waals surface area contributed by atoms with Crippen LogP contribution in [-0.2, 0) is 16.1 Å². The topological polar surface area (TPSA) is 43.9 Å². The maximum atomic E-state index is 12.9. The molecule has 24 heavy (non-hydrogen) atoms. The number of likely N-dealkylation sites (tertiary alicyclic amines) is 1. The fraction of sp³-hybridized carbons (Fsp3) is 0.556. The first-order chi connectivity index (χ1) is 11.4. The lowest BCUT2D eigenvalue weighted by Crippen LogP contribution is -2.44. The van der Waals surface area contributed by atoms with Crippen molar-refractivity contribution in [2.75, 3.05) is 40.8 Å². The molecule has 1 aliphatic rings. The molecule has 0 spiro atoms. The van der Waals surface area contributed by atoms with Crippen LogP contribution < -0.4 is 0 Å². The quantitative estimate of drug-likeness (QED) is 0.821. The summed E-state index contributed by atoms with van der Waals surface area (Å²) in [4.78, 5) is 29.7. The van der Waals surface area contributed by atoms with E-state index in [9.17, 15) is 14.0 Å². The van der Waals surface area contributed by atoms with Crippen LogP contribution in [0.2, 0.25) is 0 Å². The summed E-state index contributed by atoms with van der Waals surface area (Å²) in [7, 11) is 5.32. The molecule has 132 valence electrons. The van der Waals surface area contributed by atoms with Crippen LogP contribution in [0.3, 0.4) is 0 Å². The average Bonchev–Trinajstić information content (AvgIpc) is 2.56. The Kier molecular flexibility index (Phi) is 6.31. The molecule has 0 N–H and O–H groups in total. The number of hydrogen-bond acceptors (Lipinski definition) is 3. The smallest absolute Gasteiger partial charge is 0.236 e. The number of nitrogens with zero attached hydrogens (tertiary/aromatic N) is 3. The van der Waals surface area contributed by atoms with Gasteiger partial charge in [0.2, 0.25) is 11.8 Å². The lowest BCUT2D eigenvalue weighted by atomic mass is 9.95. The zero-order valence-corrected chi connectivity index (χ0v) is 14.7. The Balaban J connectivity index is 1.78. The highest BCUT2D eigenvalue weighted by Crippen LogP contribution is 2.19.